The number of halogens is 2. The lowest BCUT2D eigenvalue weighted by Crippen LogP contribution is -2.46. The zero-order valence-corrected chi connectivity index (χ0v) is 13.9. The van der Waals surface area contributed by atoms with Gasteiger partial charge in [0.05, 0.1) is 17.9 Å². The van der Waals surface area contributed by atoms with Crippen molar-refractivity contribution in [2.75, 3.05) is 43.0 Å². The minimum Gasteiger partial charge on any atom is -0.371 e. The fourth-order valence-electron chi connectivity index (χ4n) is 2.57. The van der Waals surface area contributed by atoms with Gasteiger partial charge in [0.25, 0.3) is 0 Å². The molecule has 0 atom stereocenters. The number of amides is 1. The minimum atomic E-state index is 0. The molecule has 1 aliphatic carbocycles. The van der Waals surface area contributed by atoms with Crippen molar-refractivity contribution in [3.05, 3.63) is 24.3 Å². The highest BCUT2D eigenvalue weighted by Crippen LogP contribution is 2.31. The second-order valence-electron chi connectivity index (χ2n) is 5.53. The molecule has 0 unspecified atom stereocenters. The number of benzene rings is 1. The van der Waals surface area contributed by atoms with Crippen LogP contribution in [0.1, 0.15) is 12.8 Å². The first-order valence-corrected chi connectivity index (χ1v) is 7.07. The first-order chi connectivity index (χ1) is 9.25. The predicted molar refractivity (Wildman–Crippen MR) is 92.2 cm³/mol. The number of fused-ring (bicyclic) bond motifs is 1. The number of para-hydroxylation sites is 2. The van der Waals surface area contributed by atoms with Gasteiger partial charge in [-0.15, -0.1) is 24.8 Å². The van der Waals surface area contributed by atoms with E-state index >= 15 is 0 Å². The maximum atomic E-state index is 12.3. The first kappa shape index (κ1) is 18.1. The van der Waals surface area contributed by atoms with Crippen LogP contribution >= 0.6 is 24.8 Å². The van der Waals surface area contributed by atoms with Crippen LogP contribution in [0, 0.1) is 5.92 Å². The summed E-state index contributed by atoms with van der Waals surface area (Å²) < 4.78 is 0. The van der Waals surface area contributed by atoms with Gasteiger partial charge >= 0.3 is 0 Å². The predicted octanol–water partition coefficient (Wildman–Crippen LogP) is 2.31. The largest absolute Gasteiger partial charge is 0.371 e. The maximum absolute atomic E-state index is 12.3. The number of anilines is 2. The molecule has 0 aromatic heterocycles. The molecule has 3 rings (SSSR count). The quantitative estimate of drug-likeness (QED) is 0.919. The van der Waals surface area contributed by atoms with E-state index in [1.54, 1.807) is 0 Å². The number of hydrogen-bond acceptors (Lipinski definition) is 3. The molecule has 2 aliphatic rings. The van der Waals surface area contributed by atoms with E-state index in [4.69, 9.17) is 0 Å². The smallest absolute Gasteiger partial charge is 0.241 e. The lowest BCUT2D eigenvalue weighted by atomic mass is 10.1. The number of nitrogens with one attached hydrogen (secondary N) is 1. The van der Waals surface area contributed by atoms with Crippen LogP contribution in [0.2, 0.25) is 0 Å². The van der Waals surface area contributed by atoms with Gasteiger partial charge in [0.1, 0.15) is 0 Å². The van der Waals surface area contributed by atoms with Gasteiger partial charge in [-0.05, 0) is 37.4 Å². The lowest BCUT2D eigenvalue weighted by Gasteiger charge is -2.35. The van der Waals surface area contributed by atoms with Gasteiger partial charge in [-0.1, -0.05) is 12.1 Å². The van der Waals surface area contributed by atoms with Crippen molar-refractivity contribution >= 4 is 42.1 Å². The highest BCUT2D eigenvalue weighted by molar-refractivity contribution is 5.98. The molecule has 1 aromatic rings. The minimum absolute atomic E-state index is 0. The topological polar surface area (TPSA) is 35.6 Å². The van der Waals surface area contributed by atoms with Crippen molar-refractivity contribution in [1.82, 2.24) is 5.32 Å². The van der Waals surface area contributed by atoms with E-state index in [9.17, 15) is 4.79 Å². The molecule has 0 radical (unpaired) electrons. The van der Waals surface area contributed by atoms with E-state index in [2.05, 4.69) is 23.3 Å². The Kier molecular flexibility index (Phi) is 6.78. The molecule has 0 spiro atoms. The van der Waals surface area contributed by atoms with Gasteiger partial charge in [0.2, 0.25) is 5.91 Å². The number of rotatable bonds is 4. The molecule has 0 saturated heterocycles. The van der Waals surface area contributed by atoms with Gasteiger partial charge in [0.15, 0.2) is 0 Å². The van der Waals surface area contributed by atoms with Gasteiger partial charge in [-0.25, -0.2) is 0 Å². The molecule has 1 fully saturated rings. The Hall–Kier alpha value is -0.970. The molecule has 1 N–H and O–H groups in total. The maximum Gasteiger partial charge on any atom is 0.241 e. The molecule has 1 heterocycles. The van der Waals surface area contributed by atoms with Crippen molar-refractivity contribution in [2.24, 2.45) is 5.92 Å². The Bertz CT molecular complexity index is 480. The van der Waals surface area contributed by atoms with Gasteiger partial charge in [-0.3, -0.25) is 4.79 Å². The first-order valence-electron chi connectivity index (χ1n) is 7.07. The Balaban J connectivity index is 0.00000110. The Morgan fingerprint density at radius 3 is 2.52 bits per heavy atom. The molecule has 4 nitrogen and oxygen atoms in total. The van der Waals surface area contributed by atoms with Crippen LogP contribution < -0.4 is 15.1 Å². The van der Waals surface area contributed by atoms with Crippen molar-refractivity contribution < 1.29 is 4.79 Å². The summed E-state index contributed by atoms with van der Waals surface area (Å²) >= 11 is 0. The van der Waals surface area contributed by atoms with E-state index in [0.717, 1.165) is 36.9 Å². The summed E-state index contributed by atoms with van der Waals surface area (Å²) in [7, 11) is 2.08. The monoisotopic (exact) mass is 331 g/mol. The van der Waals surface area contributed by atoms with Gasteiger partial charge in [0, 0.05) is 20.1 Å². The molecular formula is C15H23Cl2N3O. The Morgan fingerprint density at radius 1 is 1.19 bits per heavy atom. The highest BCUT2D eigenvalue weighted by Gasteiger charge is 2.25. The van der Waals surface area contributed by atoms with Crippen LogP contribution in [-0.2, 0) is 4.79 Å². The molecule has 6 heteroatoms. The molecular weight excluding hydrogens is 309 g/mol. The number of hydrogen-bond donors (Lipinski definition) is 1. The molecule has 1 amide bonds. The summed E-state index contributed by atoms with van der Waals surface area (Å²) in [6, 6.07) is 8.13. The second-order valence-corrected chi connectivity index (χ2v) is 5.53. The fraction of sp³-hybridized carbons (Fsp3) is 0.533. The third-order valence-electron chi connectivity index (χ3n) is 3.95. The van der Waals surface area contributed by atoms with Crippen LogP contribution in [0.3, 0.4) is 0 Å². The average molecular weight is 332 g/mol. The van der Waals surface area contributed by atoms with Crippen LogP contribution in [0.25, 0.3) is 0 Å². The molecule has 1 aromatic carbocycles. The summed E-state index contributed by atoms with van der Waals surface area (Å²) in [5.74, 6) is 0.994. The fourth-order valence-corrected chi connectivity index (χ4v) is 2.57. The second kappa shape index (κ2) is 7.87. The van der Waals surface area contributed by atoms with Crippen molar-refractivity contribution in [1.29, 1.82) is 0 Å². The zero-order chi connectivity index (χ0) is 13.2. The van der Waals surface area contributed by atoms with Crippen LogP contribution in [0.15, 0.2) is 24.3 Å². The molecule has 118 valence electrons. The lowest BCUT2D eigenvalue weighted by molar-refractivity contribution is -0.117. The molecule has 0 bridgehead atoms. The van der Waals surface area contributed by atoms with E-state index in [1.807, 2.05) is 23.1 Å². The van der Waals surface area contributed by atoms with Crippen LogP contribution in [0.5, 0.6) is 0 Å². The van der Waals surface area contributed by atoms with Crippen molar-refractivity contribution in [3.8, 4) is 0 Å². The molecule has 1 saturated carbocycles. The van der Waals surface area contributed by atoms with E-state index in [-0.39, 0.29) is 30.7 Å². The normalized spacial score (nSPS) is 16.6. The summed E-state index contributed by atoms with van der Waals surface area (Å²) in [6.45, 7) is 3.11. The Morgan fingerprint density at radius 2 is 1.86 bits per heavy atom. The van der Waals surface area contributed by atoms with E-state index < -0.39 is 0 Å². The molecule has 1 aliphatic heterocycles. The summed E-state index contributed by atoms with van der Waals surface area (Å²) in [5.41, 5.74) is 2.18. The van der Waals surface area contributed by atoms with Crippen LogP contribution in [0.4, 0.5) is 11.4 Å². The summed E-state index contributed by atoms with van der Waals surface area (Å²) in [4.78, 5) is 16.4. The zero-order valence-electron chi connectivity index (χ0n) is 12.2. The van der Waals surface area contributed by atoms with Gasteiger partial charge in [-0.2, -0.15) is 0 Å². The summed E-state index contributed by atoms with van der Waals surface area (Å²) in [5, 5.41) is 3.28. The molecule has 21 heavy (non-hydrogen) atoms. The number of nitrogens with zero attached hydrogens (tertiary/aromatic N) is 2. The standard InChI is InChI=1S/C15H21N3O.2ClH/c1-17-8-9-18(14-5-3-2-4-13(14)17)15(19)11-16-10-12-6-7-12;;/h2-5,12,16H,6-11H2,1H3;2*1H. The van der Waals surface area contributed by atoms with Crippen LogP contribution in [-0.4, -0.2) is 39.1 Å². The summed E-state index contributed by atoms with van der Waals surface area (Å²) in [6.07, 6.45) is 2.64. The SMILES string of the molecule is CN1CCN(C(=O)CNCC2CC2)c2ccccc21.Cl.Cl. The number of likely N-dealkylation sites (N-methyl/N-ethyl adjacent to an activating group) is 1. The van der Waals surface area contributed by atoms with E-state index in [1.165, 1.54) is 12.8 Å². The number of carbonyl (C=O) groups excluding carboxylic acids is 1. The van der Waals surface area contributed by atoms with Crippen molar-refractivity contribution in [3.63, 3.8) is 0 Å². The van der Waals surface area contributed by atoms with Gasteiger partial charge < -0.3 is 15.1 Å². The third-order valence-corrected chi connectivity index (χ3v) is 3.95. The average Bonchev–Trinajstić information content (AvgIpc) is 3.23. The van der Waals surface area contributed by atoms with E-state index in [0.29, 0.717) is 6.54 Å². The Labute approximate surface area is 138 Å². The third kappa shape index (κ3) is 4.25. The highest BCUT2D eigenvalue weighted by atomic mass is 35.5. The number of carbonyl (C=O) groups is 1. The van der Waals surface area contributed by atoms with Crippen molar-refractivity contribution in [2.45, 2.75) is 12.8 Å².